The van der Waals surface area contributed by atoms with E-state index in [1.807, 2.05) is 12.1 Å². The van der Waals surface area contributed by atoms with Crippen LogP contribution in [0.15, 0.2) is 24.3 Å². The Hall–Kier alpha value is -0.910. The molecule has 0 saturated carbocycles. The molecule has 0 amide bonds. The highest BCUT2D eigenvalue weighted by molar-refractivity contribution is 7.85. The van der Waals surface area contributed by atoms with E-state index < -0.39 is 16.0 Å². The average molecular weight is 299 g/mol. The van der Waals surface area contributed by atoms with Gasteiger partial charge in [0.25, 0.3) is 0 Å². The lowest BCUT2D eigenvalue weighted by atomic mass is 9.88. The van der Waals surface area contributed by atoms with E-state index in [9.17, 15) is 13.0 Å². The van der Waals surface area contributed by atoms with E-state index in [0.29, 0.717) is 6.54 Å². The molecule has 0 unspecified atom stereocenters. The average Bonchev–Trinajstić information content (AvgIpc) is 2.14. The van der Waals surface area contributed by atoms with Crippen LogP contribution in [0.1, 0.15) is 31.9 Å². The number of nitrogens with zero attached hydrogens (tertiary/aromatic N) is 1. The van der Waals surface area contributed by atoms with Gasteiger partial charge in [-0.3, -0.25) is 0 Å². The molecule has 0 N–H and O–H groups in total. The normalized spacial score (nSPS) is 13.5. The van der Waals surface area contributed by atoms with Crippen LogP contribution in [0.3, 0.4) is 0 Å². The number of rotatable bonds is 5. The summed E-state index contributed by atoms with van der Waals surface area (Å²) in [6.45, 7) is 7.11. The molecule has 0 aliphatic rings. The van der Waals surface area contributed by atoms with Gasteiger partial charge in [-0.05, 0) is 17.4 Å². The monoisotopic (exact) mass is 299 g/mol. The molecule has 0 spiro atoms. The quantitative estimate of drug-likeness (QED) is 0.619. The molecule has 0 radical (unpaired) electrons. The third-order valence-corrected chi connectivity index (χ3v) is 3.89. The smallest absolute Gasteiger partial charge is 0.169 e. The molecule has 0 aliphatic carbocycles. The Kier molecular flexibility index (Phi) is 5.00. The minimum absolute atomic E-state index is 0.143. The summed E-state index contributed by atoms with van der Waals surface area (Å²) in [6.07, 6.45) is 1.00. The summed E-state index contributed by atoms with van der Waals surface area (Å²) in [5.74, 6) is -0.392. The van der Waals surface area contributed by atoms with Crippen molar-refractivity contribution in [1.82, 2.24) is 0 Å². The lowest BCUT2D eigenvalue weighted by molar-refractivity contribution is -0.892. The van der Waals surface area contributed by atoms with Crippen molar-refractivity contribution in [1.29, 1.82) is 0 Å². The first kappa shape index (κ1) is 17.1. The van der Waals surface area contributed by atoms with E-state index in [2.05, 4.69) is 32.9 Å². The van der Waals surface area contributed by atoms with Crippen LogP contribution < -0.4 is 0 Å². The van der Waals surface area contributed by atoms with Crippen LogP contribution in [0.4, 0.5) is 0 Å². The highest BCUT2D eigenvalue weighted by Gasteiger charge is 2.19. The lowest BCUT2D eigenvalue weighted by Gasteiger charge is -2.30. The zero-order chi connectivity index (χ0) is 15.6. The van der Waals surface area contributed by atoms with Gasteiger partial charge in [0.15, 0.2) is 5.88 Å². The minimum atomic E-state index is -4.21. The molecular formula is C15H25NO3S. The van der Waals surface area contributed by atoms with Crippen molar-refractivity contribution in [3.05, 3.63) is 35.4 Å². The zero-order valence-electron chi connectivity index (χ0n) is 13.0. The van der Waals surface area contributed by atoms with Crippen molar-refractivity contribution in [3.63, 3.8) is 0 Å². The first-order valence-electron chi connectivity index (χ1n) is 6.70. The first-order valence-corrected chi connectivity index (χ1v) is 8.27. The number of hydrogen-bond acceptors (Lipinski definition) is 3. The van der Waals surface area contributed by atoms with Crippen molar-refractivity contribution in [2.75, 3.05) is 20.0 Å². The summed E-state index contributed by atoms with van der Waals surface area (Å²) >= 11 is 0. The Bertz CT molecular complexity index is 539. The highest BCUT2D eigenvalue weighted by Crippen LogP contribution is 2.21. The molecule has 1 rings (SSSR count). The second-order valence-corrected chi connectivity index (χ2v) is 8.71. The fraction of sp³-hybridized carbons (Fsp3) is 0.600. The SMILES string of the molecule is CC(C)(C)Cc1ccc(C[N+](C)(C)CS(=O)(=O)[O-])cc1. The van der Waals surface area contributed by atoms with Gasteiger partial charge in [0.05, 0.1) is 14.1 Å². The van der Waals surface area contributed by atoms with Crippen LogP contribution in [0.25, 0.3) is 0 Å². The molecule has 0 atom stereocenters. The number of quaternary nitrogens is 1. The molecule has 0 aromatic heterocycles. The van der Waals surface area contributed by atoms with E-state index >= 15 is 0 Å². The van der Waals surface area contributed by atoms with Gasteiger partial charge < -0.3 is 9.04 Å². The predicted octanol–water partition coefficient (Wildman–Crippen LogP) is 2.35. The molecule has 4 nitrogen and oxygen atoms in total. The topological polar surface area (TPSA) is 57.2 Å². The van der Waals surface area contributed by atoms with E-state index in [1.165, 1.54) is 5.56 Å². The molecule has 0 heterocycles. The minimum Gasteiger partial charge on any atom is -0.744 e. The van der Waals surface area contributed by atoms with Crippen LogP contribution in [0, 0.1) is 5.41 Å². The van der Waals surface area contributed by atoms with Gasteiger partial charge in [0.1, 0.15) is 16.7 Å². The fourth-order valence-electron chi connectivity index (χ4n) is 2.34. The maximum atomic E-state index is 10.9. The Labute approximate surface area is 122 Å². The van der Waals surface area contributed by atoms with E-state index in [-0.39, 0.29) is 9.90 Å². The van der Waals surface area contributed by atoms with Crippen molar-refractivity contribution in [2.45, 2.75) is 33.7 Å². The predicted molar refractivity (Wildman–Crippen MR) is 80.0 cm³/mol. The second-order valence-electron chi connectivity index (χ2n) is 7.33. The number of hydrogen-bond donors (Lipinski definition) is 0. The first-order chi connectivity index (χ1) is 8.86. The molecule has 114 valence electrons. The molecule has 5 heteroatoms. The molecule has 0 bridgehead atoms. The van der Waals surface area contributed by atoms with Crippen LogP contribution in [-0.2, 0) is 23.1 Å². The van der Waals surface area contributed by atoms with Crippen molar-refractivity contribution < 1.29 is 17.5 Å². The van der Waals surface area contributed by atoms with Crippen molar-refractivity contribution in [3.8, 4) is 0 Å². The summed E-state index contributed by atoms with van der Waals surface area (Å²) in [5, 5.41) is 0. The summed E-state index contributed by atoms with van der Waals surface area (Å²) in [4.78, 5) is 0. The van der Waals surface area contributed by atoms with Crippen LogP contribution in [-0.4, -0.2) is 37.4 Å². The van der Waals surface area contributed by atoms with Gasteiger partial charge in [-0.1, -0.05) is 45.0 Å². The lowest BCUT2D eigenvalue weighted by Crippen LogP contribution is -2.42. The molecule has 20 heavy (non-hydrogen) atoms. The maximum absolute atomic E-state index is 10.9. The third kappa shape index (κ3) is 7.03. The third-order valence-electron chi connectivity index (χ3n) is 2.88. The fourth-order valence-corrected chi connectivity index (χ4v) is 3.29. The Morgan fingerprint density at radius 3 is 1.90 bits per heavy atom. The molecular weight excluding hydrogens is 274 g/mol. The Balaban J connectivity index is 2.75. The molecule has 0 aliphatic heterocycles. The van der Waals surface area contributed by atoms with Crippen molar-refractivity contribution in [2.24, 2.45) is 5.41 Å². The second kappa shape index (κ2) is 5.84. The van der Waals surface area contributed by atoms with Crippen LogP contribution >= 0.6 is 0 Å². The largest absolute Gasteiger partial charge is 0.744 e. The summed E-state index contributed by atoms with van der Waals surface area (Å²) in [6, 6.07) is 8.18. The van der Waals surface area contributed by atoms with Gasteiger partial charge in [-0.2, -0.15) is 0 Å². The molecule has 0 fully saturated rings. The summed E-state index contributed by atoms with van der Waals surface area (Å²) < 4.78 is 32.8. The van der Waals surface area contributed by atoms with Crippen LogP contribution in [0.5, 0.6) is 0 Å². The van der Waals surface area contributed by atoms with Gasteiger partial charge in [-0.25, -0.2) is 8.42 Å². The van der Waals surface area contributed by atoms with Crippen molar-refractivity contribution >= 4 is 10.1 Å². The van der Waals surface area contributed by atoms with E-state index in [1.54, 1.807) is 14.1 Å². The van der Waals surface area contributed by atoms with Gasteiger partial charge in [0, 0.05) is 5.56 Å². The van der Waals surface area contributed by atoms with Crippen LogP contribution in [0.2, 0.25) is 0 Å². The number of benzene rings is 1. The van der Waals surface area contributed by atoms with Gasteiger partial charge in [0.2, 0.25) is 0 Å². The summed E-state index contributed by atoms with van der Waals surface area (Å²) in [5.41, 5.74) is 2.55. The zero-order valence-corrected chi connectivity index (χ0v) is 13.8. The van der Waals surface area contributed by atoms with E-state index in [4.69, 9.17) is 0 Å². The standard InChI is InChI=1S/C15H25NO3S/c1-15(2,3)10-13-6-8-14(9-7-13)11-16(4,5)12-20(17,18)19/h6-9H,10-12H2,1-5H3. The maximum Gasteiger partial charge on any atom is 0.169 e. The highest BCUT2D eigenvalue weighted by atomic mass is 32.2. The Morgan fingerprint density at radius 1 is 1.05 bits per heavy atom. The van der Waals surface area contributed by atoms with Gasteiger partial charge >= 0.3 is 0 Å². The summed E-state index contributed by atoms with van der Waals surface area (Å²) in [7, 11) is -0.715. The Morgan fingerprint density at radius 2 is 1.50 bits per heavy atom. The van der Waals surface area contributed by atoms with E-state index in [0.717, 1.165) is 12.0 Å². The molecule has 1 aromatic rings. The molecule has 0 saturated heterocycles. The van der Waals surface area contributed by atoms with Gasteiger partial charge in [-0.15, -0.1) is 0 Å². The molecule has 1 aromatic carbocycles.